The molecule has 7 nitrogen and oxygen atoms in total. The van der Waals surface area contributed by atoms with Gasteiger partial charge in [-0.05, 0) is 51.0 Å². The third-order valence-electron chi connectivity index (χ3n) is 7.05. The Labute approximate surface area is 246 Å². The maximum Gasteiger partial charge on any atom is 0.307 e. The average molecular weight is 570 g/mol. The Bertz CT molecular complexity index is 582. The molecule has 0 N–H and O–H groups in total. The summed E-state index contributed by atoms with van der Waals surface area (Å²) < 4.78 is 15.9. The summed E-state index contributed by atoms with van der Waals surface area (Å²) >= 11 is 0. The van der Waals surface area contributed by atoms with Gasteiger partial charge in [0.1, 0.15) is 0 Å². The minimum Gasteiger partial charge on any atom is -0.466 e. The number of unbranched alkanes of at least 4 members (excludes halogenated alkanes) is 9. The van der Waals surface area contributed by atoms with Crippen molar-refractivity contribution in [3.63, 3.8) is 0 Å². The van der Waals surface area contributed by atoms with E-state index in [4.69, 9.17) is 14.2 Å². The van der Waals surface area contributed by atoms with Crippen molar-refractivity contribution in [3.05, 3.63) is 0 Å². The molecule has 0 unspecified atom stereocenters. The van der Waals surface area contributed by atoms with Crippen LogP contribution >= 0.6 is 0 Å². The highest BCUT2D eigenvalue weighted by Gasteiger charge is 2.13. The third-order valence-corrected chi connectivity index (χ3v) is 7.05. The zero-order valence-electron chi connectivity index (χ0n) is 26.8. The highest BCUT2D eigenvalue weighted by Crippen LogP contribution is 2.12. The zero-order chi connectivity index (χ0) is 29.8. The van der Waals surface area contributed by atoms with Gasteiger partial charge in [0.25, 0.3) is 0 Å². The maximum absolute atomic E-state index is 12.3. The van der Waals surface area contributed by atoms with Gasteiger partial charge in [-0.1, -0.05) is 91.9 Å². The lowest BCUT2D eigenvalue weighted by atomic mass is 10.0. The fraction of sp³-hybridized carbons (Fsp3) is 0.909. The summed E-state index contributed by atoms with van der Waals surface area (Å²) in [7, 11) is 0. The van der Waals surface area contributed by atoms with Crippen LogP contribution in [-0.2, 0) is 28.6 Å². The van der Waals surface area contributed by atoms with Gasteiger partial charge in [-0.15, -0.1) is 0 Å². The summed E-state index contributed by atoms with van der Waals surface area (Å²) in [6.07, 6.45) is 16.5. The summed E-state index contributed by atoms with van der Waals surface area (Å²) in [6, 6.07) is 0. The van der Waals surface area contributed by atoms with Crippen molar-refractivity contribution in [3.8, 4) is 0 Å². The van der Waals surface area contributed by atoms with Crippen LogP contribution in [0.3, 0.4) is 0 Å². The number of ether oxygens (including phenoxy) is 3. The minimum absolute atomic E-state index is 0.180. The summed E-state index contributed by atoms with van der Waals surface area (Å²) in [6.45, 7) is 14.0. The van der Waals surface area contributed by atoms with E-state index in [0.717, 1.165) is 50.4 Å². The molecule has 0 aromatic heterocycles. The summed E-state index contributed by atoms with van der Waals surface area (Å²) in [5.41, 5.74) is 0. The largest absolute Gasteiger partial charge is 0.466 e. The van der Waals surface area contributed by atoms with E-state index in [9.17, 15) is 14.4 Å². The fourth-order valence-electron chi connectivity index (χ4n) is 4.56. The Morgan fingerprint density at radius 2 is 0.925 bits per heavy atom. The molecule has 0 radical (unpaired) electrons. The van der Waals surface area contributed by atoms with E-state index in [1.165, 1.54) is 51.4 Å². The molecule has 0 saturated heterocycles. The Morgan fingerprint density at radius 1 is 0.500 bits per heavy atom. The van der Waals surface area contributed by atoms with E-state index in [1.807, 2.05) is 0 Å². The van der Waals surface area contributed by atoms with Gasteiger partial charge in [0.15, 0.2) is 0 Å². The lowest BCUT2D eigenvalue weighted by molar-refractivity contribution is -0.144. The second-order valence-electron chi connectivity index (χ2n) is 11.9. The maximum atomic E-state index is 12.3. The van der Waals surface area contributed by atoms with Crippen LogP contribution < -0.4 is 0 Å². The van der Waals surface area contributed by atoms with Crippen LogP contribution in [0, 0.1) is 11.8 Å². The summed E-state index contributed by atoms with van der Waals surface area (Å²) in [4.78, 5) is 38.3. The van der Waals surface area contributed by atoms with Crippen molar-refractivity contribution in [1.29, 1.82) is 0 Å². The minimum atomic E-state index is -0.188. The molecule has 0 aromatic carbocycles. The molecule has 0 fully saturated rings. The van der Waals surface area contributed by atoms with Crippen LogP contribution in [0.25, 0.3) is 0 Å². The van der Waals surface area contributed by atoms with E-state index in [1.54, 1.807) is 6.92 Å². The molecule has 7 heteroatoms. The number of hydrogen-bond acceptors (Lipinski definition) is 7. The van der Waals surface area contributed by atoms with E-state index < -0.39 is 0 Å². The molecule has 0 aliphatic rings. The molecule has 0 aromatic rings. The second-order valence-corrected chi connectivity index (χ2v) is 11.9. The number of nitrogens with zero attached hydrogens (tertiary/aromatic N) is 1. The van der Waals surface area contributed by atoms with E-state index >= 15 is 0 Å². The Hall–Kier alpha value is -1.63. The molecule has 0 atom stereocenters. The monoisotopic (exact) mass is 569 g/mol. The molecule has 0 aliphatic carbocycles. The Morgan fingerprint density at radius 3 is 1.38 bits per heavy atom. The first-order valence-electron chi connectivity index (χ1n) is 16.4. The fourth-order valence-corrected chi connectivity index (χ4v) is 4.56. The standard InChI is InChI=1S/C33H63NO6/c1-6-38-31(35)21-15-16-24-34(25-22-32(36)39-27-17-11-7-9-13-19-29(2)3)26-23-33(37)40-28-18-12-8-10-14-20-30(4)5/h29-30H,6-28H2,1-5H3. The topological polar surface area (TPSA) is 82.1 Å². The summed E-state index contributed by atoms with van der Waals surface area (Å²) in [5.74, 6) is 0.978. The zero-order valence-corrected chi connectivity index (χ0v) is 26.8. The average Bonchev–Trinajstić information content (AvgIpc) is 2.90. The molecular weight excluding hydrogens is 506 g/mol. The lowest BCUT2D eigenvalue weighted by Gasteiger charge is -2.21. The smallest absolute Gasteiger partial charge is 0.307 e. The molecule has 0 aliphatic heterocycles. The molecule has 0 amide bonds. The van der Waals surface area contributed by atoms with Crippen molar-refractivity contribution in [2.45, 2.75) is 144 Å². The molecule has 0 bridgehead atoms. The van der Waals surface area contributed by atoms with Gasteiger partial charge in [0.05, 0.1) is 32.7 Å². The predicted octanol–water partition coefficient (Wildman–Crippen LogP) is 7.88. The van der Waals surface area contributed by atoms with Gasteiger partial charge in [-0.25, -0.2) is 0 Å². The predicted molar refractivity (Wildman–Crippen MR) is 163 cm³/mol. The number of esters is 3. The molecule has 40 heavy (non-hydrogen) atoms. The van der Waals surface area contributed by atoms with Crippen molar-refractivity contribution >= 4 is 17.9 Å². The second kappa shape index (κ2) is 27.5. The van der Waals surface area contributed by atoms with Gasteiger partial charge < -0.3 is 19.1 Å². The quantitative estimate of drug-likeness (QED) is 0.0538. The van der Waals surface area contributed by atoms with E-state index in [2.05, 4.69) is 32.6 Å². The number of rotatable bonds is 28. The Balaban J connectivity index is 4.22. The van der Waals surface area contributed by atoms with Crippen molar-refractivity contribution in [2.24, 2.45) is 11.8 Å². The number of carbonyl (C=O) groups is 3. The molecular formula is C33H63NO6. The SMILES string of the molecule is CCOC(=O)CCCCN(CCC(=O)OCCCCCCCC(C)C)CCC(=O)OCCCCCCCC(C)C. The Kier molecular flexibility index (Phi) is 26.4. The first-order chi connectivity index (χ1) is 19.2. The van der Waals surface area contributed by atoms with Gasteiger partial charge in [0, 0.05) is 19.5 Å². The van der Waals surface area contributed by atoms with Crippen LogP contribution in [0.2, 0.25) is 0 Å². The highest BCUT2D eigenvalue weighted by atomic mass is 16.5. The third kappa shape index (κ3) is 27.9. The summed E-state index contributed by atoms with van der Waals surface area (Å²) in [5, 5.41) is 0. The first-order valence-corrected chi connectivity index (χ1v) is 16.4. The molecule has 236 valence electrons. The van der Waals surface area contributed by atoms with Crippen LogP contribution in [0.1, 0.15) is 144 Å². The molecule has 0 saturated carbocycles. The highest BCUT2D eigenvalue weighted by molar-refractivity contribution is 5.70. The van der Waals surface area contributed by atoms with Crippen LogP contribution in [0.5, 0.6) is 0 Å². The normalized spacial score (nSPS) is 11.4. The van der Waals surface area contributed by atoms with E-state index in [-0.39, 0.29) is 17.9 Å². The van der Waals surface area contributed by atoms with Gasteiger partial charge in [-0.3, -0.25) is 14.4 Å². The van der Waals surface area contributed by atoms with Crippen LogP contribution in [0.4, 0.5) is 0 Å². The van der Waals surface area contributed by atoms with Gasteiger partial charge >= 0.3 is 17.9 Å². The number of carbonyl (C=O) groups excluding carboxylic acids is 3. The molecule has 0 spiro atoms. The van der Waals surface area contributed by atoms with Crippen molar-refractivity contribution in [1.82, 2.24) is 4.90 Å². The van der Waals surface area contributed by atoms with Gasteiger partial charge in [-0.2, -0.15) is 0 Å². The van der Waals surface area contributed by atoms with Crippen LogP contribution in [-0.4, -0.2) is 62.3 Å². The van der Waals surface area contributed by atoms with Crippen molar-refractivity contribution in [2.75, 3.05) is 39.5 Å². The van der Waals surface area contributed by atoms with Crippen molar-refractivity contribution < 1.29 is 28.6 Å². The first kappa shape index (κ1) is 38.4. The molecule has 0 rings (SSSR count). The number of hydrogen-bond donors (Lipinski definition) is 0. The van der Waals surface area contributed by atoms with Crippen LogP contribution in [0.15, 0.2) is 0 Å². The van der Waals surface area contributed by atoms with E-state index in [0.29, 0.717) is 58.7 Å². The van der Waals surface area contributed by atoms with Gasteiger partial charge in [0.2, 0.25) is 0 Å². The molecule has 0 heterocycles. The lowest BCUT2D eigenvalue weighted by Crippen LogP contribution is -2.31.